The molecule has 4 N–H and O–H groups in total. The van der Waals surface area contributed by atoms with Crippen LogP contribution in [0.1, 0.15) is 91.4 Å². The van der Waals surface area contributed by atoms with E-state index in [2.05, 4.69) is 26.1 Å². The smallest absolute Gasteiger partial charge is 0.220 e. The maximum absolute atomic E-state index is 12.2. The number of aliphatic hydroxyl groups is 3. The Hall–Kier alpha value is -0.650. The predicted octanol–water partition coefficient (Wildman–Crippen LogP) is 3.89. The second kappa shape index (κ2) is 9.54. The van der Waals surface area contributed by atoms with E-state index in [0.717, 1.165) is 32.1 Å². The van der Waals surface area contributed by atoms with Gasteiger partial charge in [-0.05, 0) is 111 Å². The van der Waals surface area contributed by atoms with Crippen LogP contribution >= 0.6 is 0 Å². The van der Waals surface area contributed by atoms with E-state index in [-0.39, 0.29) is 35.6 Å². The monoisotopic (exact) mass is 449 g/mol. The zero-order valence-electron chi connectivity index (χ0n) is 20.6. The highest BCUT2D eigenvalue weighted by molar-refractivity contribution is 5.75. The van der Waals surface area contributed by atoms with Gasteiger partial charge in [0.1, 0.15) is 0 Å². The molecule has 4 aliphatic rings. The van der Waals surface area contributed by atoms with Crippen molar-refractivity contribution in [2.75, 3.05) is 13.2 Å². The van der Waals surface area contributed by atoms with Crippen LogP contribution in [0.5, 0.6) is 0 Å². The topological polar surface area (TPSA) is 89.8 Å². The van der Waals surface area contributed by atoms with E-state index < -0.39 is 0 Å². The molecule has 0 aromatic carbocycles. The zero-order valence-corrected chi connectivity index (χ0v) is 20.6. The van der Waals surface area contributed by atoms with Crippen LogP contribution in [-0.2, 0) is 4.79 Å². The molecule has 0 bridgehead atoms. The average molecular weight is 450 g/mol. The van der Waals surface area contributed by atoms with E-state index in [9.17, 15) is 15.0 Å². The van der Waals surface area contributed by atoms with Crippen molar-refractivity contribution in [3.05, 3.63) is 0 Å². The molecule has 5 heteroatoms. The molecular formula is C27H47NO4. The van der Waals surface area contributed by atoms with Gasteiger partial charge in [-0.25, -0.2) is 0 Å². The van der Waals surface area contributed by atoms with Gasteiger partial charge in [0.2, 0.25) is 5.91 Å². The fraction of sp³-hybridized carbons (Fsp3) is 0.963. The summed E-state index contributed by atoms with van der Waals surface area (Å²) < 4.78 is 0. The van der Waals surface area contributed by atoms with Crippen LogP contribution in [-0.4, -0.2) is 46.6 Å². The zero-order chi connectivity index (χ0) is 23.1. The van der Waals surface area contributed by atoms with Crippen LogP contribution in [0.25, 0.3) is 0 Å². The van der Waals surface area contributed by atoms with E-state index in [4.69, 9.17) is 5.11 Å². The van der Waals surface area contributed by atoms with Crippen molar-refractivity contribution in [3.63, 3.8) is 0 Å². The first-order valence-corrected chi connectivity index (χ1v) is 13.5. The minimum absolute atomic E-state index is 0.0364. The first kappa shape index (κ1) is 24.5. The van der Waals surface area contributed by atoms with Gasteiger partial charge >= 0.3 is 0 Å². The summed E-state index contributed by atoms with van der Waals surface area (Å²) in [6.45, 7) is 7.79. The Labute approximate surface area is 194 Å². The molecular weight excluding hydrogens is 402 g/mol. The van der Waals surface area contributed by atoms with Gasteiger partial charge in [0.25, 0.3) is 0 Å². The van der Waals surface area contributed by atoms with Gasteiger partial charge in [-0.3, -0.25) is 4.79 Å². The predicted molar refractivity (Wildman–Crippen MR) is 126 cm³/mol. The van der Waals surface area contributed by atoms with Crippen molar-refractivity contribution < 1.29 is 20.1 Å². The lowest BCUT2D eigenvalue weighted by molar-refractivity contribution is -0.174. The van der Waals surface area contributed by atoms with Gasteiger partial charge in [0.15, 0.2) is 0 Å². The Morgan fingerprint density at radius 2 is 1.84 bits per heavy atom. The molecule has 5 nitrogen and oxygen atoms in total. The second-order valence-corrected chi connectivity index (χ2v) is 12.3. The lowest BCUT2D eigenvalue weighted by atomic mass is 9.43. The molecule has 0 aromatic rings. The number of carbonyl (C=O) groups excluding carboxylic acids is 1. The molecule has 32 heavy (non-hydrogen) atoms. The molecule has 4 saturated carbocycles. The molecule has 0 heterocycles. The van der Waals surface area contributed by atoms with Gasteiger partial charge in [0, 0.05) is 19.6 Å². The highest BCUT2D eigenvalue weighted by Crippen LogP contribution is 2.68. The second-order valence-electron chi connectivity index (χ2n) is 12.3. The van der Waals surface area contributed by atoms with Crippen LogP contribution in [0.2, 0.25) is 0 Å². The number of rotatable bonds is 7. The standard InChI is InChI=1S/C27H47NO4/c1-17(5-10-25(32)28-13-4-14-29)21-8-9-22-20-7-6-18-15-19(30)11-12-26(18,2)23(20)16-24(31)27(21,22)3/h17-24,29-31H,4-16H2,1-3H3,(H,28,32)/t17-,18-,19-,20+,21-,22+,23+,24+,26+,27-/m1/s1. The number of amides is 1. The van der Waals surface area contributed by atoms with Crippen molar-refractivity contribution >= 4 is 5.91 Å². The summed E-state index contributed by atoms with van der Waals surface area (Å²) in [5, 5.41) is 33.7. The summed E-state index contributed by atoms with van der Waals surface area (Å²) in [7, 11) is 0. The largest absolute Gasteiger partial charge is 0.396 e. The van der Waals surface area contributed by atoms with Gasteiger partial charge < -0.3 is 20.6 Å². The minimum Gasteiger partial charge on any atom is -0.396 e. The first-order chi connectivity index (χ1) is 15.2. The average Bonchev–Trinajstić information content (AvgIpc) is 3.12. The highest BCUT2D eigenvalue weighted by atomic mass is 16.3. The number of carbonyl (C=O) groups is 1. The minimum atomic E-state index is -0.260. The van der Waals surface area contributed by atoms with Gasteiger partial charge in [-0.2, -0.15) is 0 Å². The number of fused-ring (bicyclic) bond motifs is 5. The third-order valence-corrected chi connectivity index (χ3v) is 11.0. The Morgan fingerprint density at radius 3 is 2.59 bits per heavy atom. The third-order valence-electron chi connectivity index (χ3n) is 11.0. The van der Waals surface area contributed by atoms with E-state index in [1.54, 1.807) is 0 Å². The molecule has 4 fully saturated rings. The van der Waals surface area contributed by atoms with E-state index in [1.807, 2.05) is 0 Å². The molecule has 0 saturated heterocycles. The van der Waals surface area contributed by atoms with Crippen LogP contribution in [0, 0.1) is 46.3 Å². The fourth-order valence-electron chi connectivity index (χ4n) is 9.12. The van der Waals surface area contributed by atoms with Crippen LogP contribution in [0.4, 0.5) is 0 Å². The Bertz CT molecular complexity index is 670. The normalized spacial score (nSPS) is 46.6. The summed E-state index contributed by atoms with van der Waals surface area (Å²) in [5.74, 6) is 3.49. The number of hydrogen-bond acceptors (Lipinski definition) is 4. The third kappa shape index (κ3) is 4.15. The lowest BCUT2D eigenvalue weighted by Crippen LogP contribution is -2.58. The molecule has 0 aromatic heterocycles. The number of nitrogens with one attached hydrogen (secondary N) is 1. The van der Waals surface area contributed by atoms with Crippen molar-refractivity contribution in [1.29, 1.82) is 0 Å². The van der Waals surface area contributed by atoms with Crippen molar-refractivity contribution in [2.45, 2.75) is 104 Å². The van der Waals surface area contributed by atoms with Crippen LogP contribution < -0.4 is 5.32 Å². The summed E-state index contributed by atoms with van der Waals surface area (Å²) in [4.78, 5) is 12.2. The lowest BCUT2D eigenvalue weighted by Gasteiger charge is -2.62. The quantitative estimate of drug-likeness (QED) is 0.444. The maximum Gasteiger partial charge on any atom is 0.220 e. The van der Waals surface area contributed by atoms with E-state index in [0.29, 0.717) is 54.9 Å². The molecule has 1 amide bonds. The number of hydrogen-bond donors (Lipinski definition) is 4. The first-order valence-electron chi connectivity index (χ1n) is 13.5. The van der Waals surface area contributed by atoms with E-state index in [1.165, 1.54) is 25.7 Å². The Kier molecular flexibility index (Phi) is 7.30. The van der Waals surface area contributed by atoms with Crippen LogP contribution in [0.15, 0.2) is 0 Å². The van der Waals surface area contributed by atoms with Gasteiger partial charge in [0.05, 0.1) is 12.2 Å². The van der Waals surface area contributed by atoms with Gasteiger partial charge in [-0.15, -0.1) is 0 Å². The molecule has 0 aliphatic heterocycles. The SMILES string of the molecule is C[C@H](CCC(=O)NCCCO)[C@H]1CC[C@H]2[C@@H]3CC[C@@H]4C[C@H](O)CC[C@]4(C)[C@H]3C[C@H](O)[C@]12C. The van der Waals surface area contributed by atoms with Crippen molar-refractivity contribution in [2.24, 2.45) is 46.3 Å². The summed E-state index contributed by atoms with van der Waals surface area (Å²) in [6.07, 6.45) is 10.4. The maximum atomic E-state index is 12.2. The Balaban J connectivity index is 1.43. The van der Waals surface area contributed by atoms with Crippen LogP contribution in [0.3, 0.4) is 0 Å². The fourth-order valence-corrected chi connectivity index (χ4v) is 9.12. The van der Waals surface area contributed by atoms with Crippen molar-refractivity contribution in [3.8, 4) is 0 Å². The van der Waals surface area contributed by atoms with Gasteiger partial charge in [-0.1, -0.05) is 20.8 Å². The highest BCUT2D eigenvalue weighted by Gasteiger charge is 2.63. The molecule has 4 aliphatic carbocycles. The van der Waals surface area contributed by atoms with Crippen molar-refractivity contribution in [1.82, 2.24) is 5.32 Å². The molecule has 10 atom stereocenters. The molecule has 4 rings (SSSR count). The number of aliphatic hydroxyl groups excluding tert-OH is 3. The molecule has 0 spiro atoms. The summed E-state index contributed by atoms with van der Waals surface area (Å²) >= 11 is 0. The van der Waals surface area contributed by atoms with E-state index >= 15 is 0 Å². The molecule has 0 radical (unpaired) electrons. The Morgan fingerprint density at radius 1 is 1.06 bits per heavy atom. The summed E-state index contributed by atoms with van der Waals surface area (Å²) in [6, 6.07) is 0. The summed E-state index contributed by atoms with van der Waals surface area (Å²) in [5.41, 5.74) is 0.242. The molecule has 0 unspecified atom stereocenters. The molecule has 184 valence electrons.